The van der Waals surface area contributed by atoms with Gasteiger partial charge in [-0.05, 0) is 35.9 Å². The lowest BCUT2D eigenvalue weighted by Gasteiger charge is -2.37. The van der Waals surface area contributed by atoms with Gasteiger partial charge >= 0.3 is 0 Å². The zero-order valence-electron chi connectivity index (χ0n) is 17.6. The van der Waals surface area contributed by atoms with Crippen molar-refractivity contribution < 1.29 is 8.42 Å². The summed E-state index contributed by atoms with van der Waals surface area (Å²) in [6.07, 6.45) is 6.44. The van der Waals surface area contributed by atoms with E-state index < -0.39 is 10.0 Å². The van der Waals surface area contributed by atoms with Crippen molar-refractivity contribution in [3.8, 4) is 11.1 Å². The van der Waals surface area contributed by atoms with E-state index in [4.69, 9.17) is 0 Å². The Labute approximate surface area is 186 Å². The zero-order valence-corrected chi connectivity index (χ0v) is 18.4. The maximum atomic E-state index is 11.5. The van der Waals surface area contributed by atoms with Gasteiger partial charge in [0.05, 0.1) is 23.7 Å². The lowest BCUT2D eigenvalue weighted by Crippen LogP contribution is -2.47. The molecular formula is C22H23N7O2S. The highest BCUT2D eigenvalue weighted by Gasteiger charge is 2.21. The Hall–Kier alpha value is -3.66. The van der Waals surface area contributed by atoms with Gasteiger partial charge in [-0.1, -0.05) is 12.1 Å². The normalized spacial score (nSPS) is 14.7. The molecule has 10 heteroatoms. The number of nitrogens with one attached hydrogen (secondary N) is 2. The van der Waals surface area contributed by atoms with Gasteiger partial charge in [-0.2, -0.15) is 5.10 Å². The number of sulfonamides is 1. The molecule has 1 aliphatic rings. The van der Waals surface area contributed by atoms with Crippen molar-refractivity contribution in [2.75, 3.05) is 47.0 Å². The predicted molar refractivity (Wildman–Crippen MR) is 126 cm³/mol. The molecule has 1 fully saturated rings. The number of piperazine rings is 1. The molecule has 32 heavy (non-hydrogen) atoms. The van der Waals surface area contributed by atoms with E-state index in [2.05, 4.69) is 40.8 Å². The third-order valence-electron chi connectivity index (χ3n) is 5.54. The number of H-pyrrole nitrogens is 1. The van der Waals surface area contributed by atoms with E-state index in [0.717, 1.165) is 66.0 Å². The summed E-state index contributed by atoms with van der Waals surface area (Å²) < 4.78 is 25.6. The van der Waals surface area contributed by atoms with Gasteiger partial charge in [-0.15, -0.1) is 0 Å². The molecule has 0 saturated carbocycles. The molecule has 0 unspecified atom stereocenters. The van der Waals surface area contributed by atoms with Crippen LogP contribution in [-0.4, -0.2) is 61.0 Å². The smallest absolute Gasteiger partial charge is 0.229 e. The van der Waals surface area contributed by atoms with Crippen molar-refractivity contribution in [2.45, 2.75) is 0 Å². The van der Waals surface area contributed by atoms with Gasteiger partial charge in [0.15, 0.2) is 0 Å². The summed E-state index contributed by atoms with van der Waals surface area (Å²) in [5.41, 5.74) is 4.56. The van der Waals surface area contributed by atoms with Crippen LogP contribution in [-0.2, 0) is 10.0 Å². The third-order valence-corrected chi connectivity index (χ3v) is 6.15. The molecule has 2 aromatic carbocycles. The molecule has 5 rings (SSSR count). The number of rotatable bonds is 5. The summed E-state index contributed by atoms with van der Waals surface area (Å²) in [4.78, 5) is 13.6. The Bertz CT molecular complexity index is 1350. The summed E-state index contributed by atoms with van der Waals surface area (Å²) >= 11 is 0. The van der Waals surface area contributed by atoms with Crippen LogP contribution in [0.25, 0.3) is 22.0 Å². The largest absolute Gasteiger partial charge is 0.368 e. The van der Waals surface area contributed by atoms with Crippen LogP contribution in [0.15, 0.2) is 61.2 Å². The van der Waals surface area contributed by atoms with Crippen molar-refractivity contribution in [1.82, 2.24) is 20.2 Å². The maximum absolute atomic E-state index is 11.5. The van der Waals surface area contributed by atoms with Crippen LogP contribution >= 0.6 is 0 Å². The fourth-order valence-corrected chi connectivity index (χ4v) is 4.60. The Morgan fingerprint density at radius 3 is 2.53 bits per heavy atom. The first-order valence-electron chi connectivity index (χ1n) is 10.3. The molecule has 3 heterocycles. The molecular weight excluding hydrogens is 426 g/mol. The Balaban J connectivity index is 1.36. The minimum atomic E-state index is -3.31. The topological polar surface area (TPSA) is 107 Å². The minimum Gasteiger partial charge on any atom is -0.368 e. The second-order valence-corrected chi connectivity index (χ2v) is 9.56. The van der Waals surface area contributed by atoms with Gasteiger partial charge in [0.1, 0.15) is 12.1 Å². The molecule has 0 bridgehead atoms. The lowest BCUT2D eigenvalue weighted by atomic mass is 10.1. The zero-order chi connectivity index (χ0) is 22.1. The standard InChI is InChI=1S/C22H23N7O2S/c1-32(30,31)27-18-3-2-4-19(12-18)28-7-9-29(10-8-28)22-20-11-16(17-13-25-26-14-17)5-6-21(20)23-15-24-22/h2-6,11-15,27H,7-10H2,1H3,(H,25,26). The van der Waals surface area contributed by atoms with Gasteiger partial charge in [0.25, 0.3) is 0 Å². The molecule has 2 N–H and O–H groups in total. The van der Waals surface area contributed by atoms with Crippen molar-refractivity contribution in [3.63, 3.8) is 0 Å². The first-order chi connectivity index (χ1) is 15.5. The van der Waals surface area contributed by atoms with Crippen LogP contribution in [0.4, 0.5) is 17.2 Å². The summed E-state index contributed by atoms with van der Waals surface area (Å²) in [6, 6.07) is 13.7. The molecule has 1 saturated heterocycles. The molecule has 0 amide bonds. The van der Waals surface area contributed by atoms with Gasteiger partial charge in [0.2, 0.25) is 10.0 Å². The fourth-order valence-electron chi connectivity index (χ4n) is 4.04. The Morgan fingerprint density at radius 2 is 1.78 bits per heavy atom. The third kappa shape index (κ3) is 4.22. The predicted octanol–water partition coefficient (Wildman–Crippen LogP) is 2.72. The highest BCUT2D eigenvalue weighted by molar-refractivity contribution is 7.92. The maximum Gasteiger partial charge on any atom is 0.229 e. The van der Waals surface area contributed by atoms with Gasteiger partial charge in [-0.25, -0.2) is 18.4 Å². The number of fused-ring (bicyclic) bond motifs is 1. The summed E-state index contributed by atoms with van der Waals surface area (Å²) in [7, 11) is -3.31. The number of anilines is 3. The average molecular weight is 450 g/mol. The van der Waals surface area contributed by atoms with E-state index in [0.29, 0.717) is 5.69 Å². The SMILES string of the molecule is CS(=O)(=O)Nc1cccc(N2CCN(c3ncnc4ccc(-c5cn[nH]c5)cc34)CC2)c1. The first-order valence-corrected chi connectivity index (χ1v) is 12.2. The number of benzene rings is 2. The van der Waals surface area contributed by atoms with E-state index in [1.165, 1.54) is 0 Å². The van der Waals surface area contributed by atoms with E-state index in [-0.39, 0.29) is 0 Å². The number of aromatic amines is 1. The molecule has 0 aliphatic carbocycles. The fraction of sp³-hybridized carbons (Fsp3) is 0.227. The number of nitrogens with zero attached hydrogens (tertiary/aromatic N) is 5. The molecule has 0 spiro atoms. The van der Waals surface area contributed by atoms with Crippen LogP contribution in [0, 0.1) is 0 Å². The molecule has 9 nitrogen and oxygen atoms in total. The van der Waals surface area contributed by atoms with E-state index in [1.54, 1.807) is 18.6 Å². The van der Waals surface area contributed by atoms with Crippen LogP contribution in [0.5, 0.6) is 0 Å². The highest BCUT2D eigenvalue weighted by atomic mass is 32.2. The van der Waals surface area contributed by atoms with Gasteiger partial charge in [0, 0.05) is 49.0 Å². The molecule has 1 aliphatic heterocycles. The van der Waals surface area contributed by atoms with E-state index in [1.807, 2.05) is 36.5 Å². The lowest BCUT2D eigenvalue weighted by molar-refractivity contribution is 0.607. The highest BCUT2D eigenvalue weighted by Crippen LogP contribution is 2.30. The molecule has 2 aromatic heterocycles. The van der Waals surface area contributed by atoms with Crippen molar-refractivity contribution in [3.05, 3.63) is 61.2 Å². The summed E-state index contributed by atoms with van der Waals surface area (Å²) in [5, 5.41) is 7.91. The molecule has 4 aromatic rings. The number of hydrogen-bond acceptors (Lipinski definition) is 7. The molecule has 164 valence electrons. The summed E-state index contributed by atoms with van der Waals surface area (Å²) in [6.45, 7) is 3.20. The summed E-state index contributed by atoms with van der Waals surface area (Å²) in [5.74, 6) is 0.924. The van der Waals surface area contributed by atoms with Crippen LogP contribution < -0.4 is 14.5 Å². The monoisotopic (exact) mass is 449 g/mol. The Morgan fingerprint density at radius 1 is 0.969 bits per heavy atom. The second-order valence-electron chi connectivity index (χ2n) is 7.81. The second kappa shape index (κ2) is 8.12. The van der Waals surface area contributed by atoms with Crippen LogP contribution in [0.3, 0.4) is 0 Å². The van der Waals surface area contributed by atoms with Crippen molar-refractivity contribution in [2.24, 2.45) is 0 Å². The average Bonchev–Trinajstić information content (AvgIpc) is 3.33. The number of hydrogen-bond donors (Lipinski definition) is 2. The van der Waals surface area contributed by atoms with Crippen LogP contribution in [0.1, 0.15) is 0 Å². The molecule has 0 atom stereocenters. The molecule has 0 radical (unpaired) electrons. The minimum absolute atomic E-state index is 0.570. The van der Waals surface area contributed by atoms with E-state index in [9.17, 15) is 8.42 Å². The van der Waals surface area contributed by atoms with Crippen molar-refractivity contribution in [1.29, 1.82) is 0 Å². The quantitative estimate of drug-likeness (QED) is 0.482. The van der Waals surface area contributed by atoms with E-state index >= 15 is 0 Å². The number of aromatic nitrogens is 4. The Kier molecular flexibility index (Phi) is 5.14. The first kappa shape index (κ1) is 20.3. The van der Waals surface area contributed by atoms with Gasteiger partial charge in [-0.3, -0.25) is 9.82 Å². The van der Waals surface area contributed by atoms with Gasteiger partial charge < -0.3 is 9.80 Å². The van der Waals surface area contributed by atoms with Crippen LogP contribution in [0.2, 0.25) is 0 Å². The van der Waals surface area contributed by atoms with Crippen molar-refractivity contribution >= 4 is 38.1 Å².